The Kier molecular flexibility index (Phi) is 6.66. The summed E-state index contributed by atoms with van der Waals surface area (Å²) in [6.45, 7) is 11.2. The first-order valence-corrected chi connectivity index (χ1v) is 11.0. The lowest BCUT2D eigenvalue weighted by atomic mass is 9.67. The lowest BCUT2D eigenvalue weighted by Crippen LogP contribution is -2.54. The average Bonchev–Trinajstić information content (AvgIpc) is 3.57. The van der Waals surface area contributed by atoms with Crippen molar-refractivity contribution in [1.29, 1.82) is 0 Å². The van der Waals surface area contributed by atoms with Crippen LogP contribution in [0.5, 0.6) is 0 Å². The molecule has 2 saturated carbocycles. The summed E-state index contributed by atoms with van der Waals surface area (Å²) >= 11 is 0. The Morgan fingerprint density at radius 2 is 2.07 bits per heavy atom. The van der Waals surface area contributed by atoms with E-state index in [9.17, 15) is 9.90 Å². The van der Waals surface area contributed by atoms with E-state index < -0.39 is 6.09 Å². The number of allylic oxidation sites excluding steroid dienone is 2. The number of hydrogen-bond acceptors (Lipinski definition) is 5. The number of aliphatic hydroxyl groups excluding tert-OH is 1. The average molecular weight is 410 g/mol. The Labute approximate surface area is 175 Å². The van der Waals surface area contributed by atoms with Gasteiger partial charge in [0.2, 0.25) is 0 Å². The van der Waals surface area contributed by atoms with Gasteiger partial charge in [-0.2, -0.15) is 0 Å². The molecule has 2 N–H and O–H groups in total. The summed E-state index contributed by atoms with van der Waals surface area (Å²) in [7, 11) is 1.72. The molecule has 0 aromatic carbocycles. The van der Waals surface area contributed by atoms with E-state index in [-0.39, 0.29) is 47.7 Å². The van der Waals surface area contributed by atoms with Gasteiger partial charge in [-0.15, -0.1) is 0 Å². The van der Waals surface area contributed by atoms with Crippen LogP contribution >= 0.6 is 0 Å². The van der Waals surface area contributed by atoms with E-state index in [4.69, 9.17) is 14.2 Å². The van der Waals surface area contributed by atoms with E-state index in [0.29, 0.717) is 5.92 Å². The zero-order valence-electron chi connectivity index (χ0n) is 18.9. The van der Waals surface area contributed by atoms with E-state index in [1.165, 1.54) is 5.57 Å². The Balaban J connectivity index is 1.70. The van der Waals surface area contributed by atoms with Crippen molar-refractivity contribution in [2.24, 2.45) is 23.2 Å². The highest BCUT2D eigenvalue weighted by atomic mass is 16.6. The van der Waals surface area contributed by atoms with Gasteiger partial charge in [-0.25, -0.2) is 4.79 Å². The monoisotopic (exact) mass is 409 g/mol. The second kappa shape index (κ2) is 8.56. The predicted molar refractivity (Wildman–Crippen MR) is 112 cm³/mol. The number of carbonyl (C=O) groups excluding carboxylic acids is 1. The summed E-state index contributed by atoms with van der Waals surface area (Å²) in [6.07, 6.45) is 5.25. The summed E-state index contributed by atoms with van der Waals surface area (Å²) in [6, 6.07) is -0.310. The quantitative estimate of drug-likeness (QED) is 0.472. The number of methoxy groups -OCH3 is 1. The van der Waals surface area contributed by atoms with Gasteiger partial charge >= 0.3 is 6.09 Å². The molecule has 0 radical (unpaired) electrons. The topological polar surface area (TPSA) is 80.3 Å². The lowest BCUT2D eigenvalue weighted by molar-refractivity contribution is -0.120. The Morgan fingerprint density at radius 3 is 2.59 bits per heavy atom. The number of rotatable bonds is 8. The Bertz CT molecular complexity index is 625. The number of amides is 1. The third kappa shape index (κ3) is 4.64. The molecule has 0 aromatic rings. The van der Waals surface area contributed by atoms with Crippen LogP contribution in [0.15, 0.2) is 11.6 Å². The van der Waals surface area contributed by atoms with E-state index in [1.54, 1.807) is 7.11 Å². The van der Waals surface area contributed by atoms with Gasteiger partial charge in [0.05, 0.1) is 24.9 Å². The molecule has 6 nitrogen and oxygen atoms in total. The first kappa shape index (κ1) is 22.6. The summed E-state index contributed by atoms with van der Waals surface area (Å²) in [5.74, 6) is 0.975. The van der Waals surface area contributed by atoms with Crippen LogP contribution in [0.4, 0.5) is 4.79 Å². The first-order valence-electron chi connectivity index (χ1n) is 11.0. The highest BCUT2D eigenvalue weighted by Crippen LogP contribution is 2.68. The van der Waals surface area contributed by atoms with Crippen molar-refractivity contribution in [3.8, 4) is 0 Å². The number of alkyl carbamates (subject to hydrolysis) is 1. The lowest BCUT2D eigenvalue weighted by Gasteiger charge is -2.44. The molecule has 3 aliphatic rings. The van der Waals surface area contributed by atoms with Crippen molar-refractivity contribution in [1.82, 2.24) is 5.32 Å². The van der Waals surface area contributed by atoms with Crippen LogP contribution in [-0.2, 0) is 14.2 Å². The number of aliphatic hydroxyl groups is 1. The normalized spacial score (nSPS) is 39.2. The molecule has 7 atom stereocenters. The number of nitrogens with one attached hydrogen (secondary N) is 1. The van der Waals surface area contributed by atoms with Gasteiger partial charge in [-0.05, 0) is 56.8 Å². The smallest absolute Gasteiger partial charge is 0.407 e. The van der Waals surface area contributed by atoms with Crippen molar-refractivity contribution in [3.05, 3.63) is 11.6 Å². The van der Waals surface area contributed by atoms with Gasteiger partial charge < -0.3 is 24.6 Å². The maximum absolute atomic E-state index is 12.5. The van der Waals surface area contributed by atoms with Crippen molar-refractivity contribution in [3.63, 3.8) is 0 Å². The molecule has 1 saturated heterocycles. The van der Waals surface area contributed by atoms with Gasteiger partial charge in [0.25, 0.3) is 0 Å². The summed E-state index contributed by atoms with van der Waals surface area (Å²) in [5, 5.41) is 12.3. The third-order valence-corrected chi connectivity index (χ3v) is 7.44. The van der Waals surface area contributed by atoms with Crippen LogP contribution < -0.4 is 5.32 Å². The van der Waals surface area contributed by atoms with E-state index >= 15 is 0 Å². The zero-order valence-corrected chi connectivity index (χ0v) is 18.9. The van der Waals surface area contributed by atoms with Crippen molar-refractivity contribution >= 4 is 6.09 Å². The van der Waals surface area contributed by atoms with Gasteiger partial charge in [0, 0.05) is 13.0 Å². The molecule has 0 aromatic heterocycles. The summed E-state index contributed by atoms with van der Waals surface area (Å²) < 4.78 is 17.8. The fourth-order valence-electron chi connectivity index (χ4n) is 5.36. The van der Waals surface area contributed by atoms with Crippen molar-refractivity contribution in [2.75, 3.05) is 20.3 Å². The molecule has 1 aliphatic heterocycles. The summed E-state index contributed by atoms with van der Waals surface area (Å²) in [4.78, 5) is 12.5. The molecule has 1 spiro atoms. The minimum atomic E-state index is -0.474. The molecular weight excluding hydrogens is 370 g/mol. The molecule has 0 bridgehead atoms. The van der Waals surface area contributed by atoms with Crippen LogP contribution in [0.2, 0.25) is 0 Å². The first-order chi connectivity index (χ1) is 13.7. The highest BCUT2D eigenvalue weighted by molar-refractivity contribution is 5.68. The largest absolute Gasteiger partial charge is 0.443 e. The fraction of sp³-hybridized carbons (Fsp3) is 0.870. The Hall–Kier alpha value is -1.11. The van der Waals surface area contributed by atoms with Crippen LogP contribution in [0, 0.1) is 23.2 Å². The van der Waals surface area contributed by atoms with Gasteiger partial charge in [-0.3, -0.25) is 0 Å². The molecule has 2 aliphatic carbocycles. The number of ether oxygens (including phenoxy) is 3. The molecule has 29 heavy (non-hydrogen) atoms. The minimum absolute atomic E-state index is 0.102. The molecule has 0 unspecified atom stereocenters. The van der Waals surface area contributed by atoms with E-state index in [1.807, 2.05) is 13.8 Å². The predicted octanol–water partition coefficient (Wildman–Crippen LogP) is 3.67. The van der Waals surface area contributed by atoms with Gasteiger partial charge in [-0.1, -0.05) is 32.4 Å². The molecule has 6 heteroatoms. The molecule has 3 fully saturated rings. The van der Waals surface area contributed by atoms with Crippen LogP contribution in [-0.4, -0.2) is 55.4 Å². The van der Waals surface area contributed by atoms with Crippen molar-refractivity contribution in [2.45, 2.75) is 84.2 Å². The second-order valence-electron chi connectivity index (χ2n) is 10.1. The third-order valence-electron chi connectivity index (χ3n) is 7.44. The molecule has 1 heterocycles. The van der Waals surface area contributed by atoms with Gasteiger partial charge in [0.1, 0.15) is 12.2 Å². The molecular formula is C23H39NO5. The van der Waals surface area contributed by atoms with Crippen LogP contribution in [0.25, 0.3) is 0 Å². The second-order valence-corrected chi connectivity index (χ2v) is 10.1. The molecule has 166 valence electrons. The molecule has 1 amide bonds. The highest BCUT2D eigenvalue weighted by Gasteiger charge is 2.70. The maximum Gasteiger partial charge on any atom is 0.407 e. The van der Waals surface area contributed by atoms with Crippen LogP contribution in [0.1, 0.15) is 60.3 Å². The SMILES string of the molecule is CO[C@@H]1[C@H](OC(=O)N[C@@H](CO)C(C)C)CC[C@]2(CO2)[C@H]1[C@@]1(C)C[C@@H]1CC=C(C)C. The molecule has 3 rings (SSSR count). The maximum atomic E-state index is 12.5. The van der Waals surface area contributed by atoms with Gasteiger partial charge in [0.15, 0.2) is 0 Å². The van der Waals surface area contributed by atoms with E-state index in [0.717, 1.165) is 32.3 Å². The van der Waals surface area contributed by atoms with E-state index in [2.05, 4.69) is 32.2 Å². The minimum Gasteiger partial charge on any atom is -0.443 e. The number of epoxide rings is 1. The Morgan fingerprint density at radius 1 is 1.38 bits per heavy atom. The number of hydrogen-bond donors (Lipinski definition) is 2. The summed E-state index contributed by atoms with van der Waals surface area (Å²) in [5.41, 5.74) is 1.38. The fourth-order valence-corrected chi connectivity index (χ4v) is 5.36. The zero-order chi connectivity index (χ0) is 21.4. The number of carbonyl (C=O) groups is 1. The van der Waals surface area contributed by atoms with Crippen LogP contribution in [0.3, 0.4) is 0 Å². The van der Waals surface area contributed by atoms with Crippen molar-refractivity contribution < 1.29 is 24.1 Å². The standard InChI is InChI=1S/C23H39NO5/c1-14(2)7-8-16-11-22(16,5)20-19(27-6)18(9-10-23(20)13-28-23)29-21(26)24-17(12-25)15(3)4/h7,15-20,25H,8-13H2,1-6H3,(H,24,26)/t16-,17-,18+,19+,20+,22-,23-/m0/s1.